The fraction of sp³-hybridized carbons (Fsp3) is 0.209. The first-order chi connectivity index (χ1) is 23.9. The highest BCUT2D eigenvalue weighted by Gasteiger charge is 2.16. The van der Waals surface area contributed by atoms with Gasteiger partial charge in [-0.15, -0.1) is 0 Å². The molecule has 6 nitrogen and oxygen atoms in total. The van der Waals surface area contributed by atoms with E-state index in [-0.39, 0.29) is 0 Å². The van der Waals surface area contributed by atoms with Crippen LogP contribution < -0.4 is 28.6 Å². The third-order valence-corrected chi connectivity index (χ3v) is 8.63. The van der Waals surface area contributed by atoms with Gasteiger partial charge in [-0.1, -0.05) is 56.3 Å². The number of nitrogens with zero attached hydrogens (tertiary/aromatic N) is 1. The molecule has 0 heterocycles. The van der Waals surface area contributed by atoms with Gasteiger partial charge < -0.3 is 28.6 Å². The Balaban J connectivity index is 1.81. The molecule has 0 aromatic heterocycles. The lowest BCUT2D eigenvalue weighted by Crippen LogP contribution is -2.11. The number of ether oxygens (including phenoxy) is 5. The number of hydrogen-bond acceptors (Lipinski definition) is 6. The van der Waals surface area contributed by atoms with E-state index in [4.69, 9.17) is 23.7 Å². The molecule has 0 amide bonds. The zero-order valence-corrected chi connectivity index (χ0v) is 29.4. The summed E-state index contributed by atoms with van der Waals surface area (Å²) in [6.07, 6.45) is 6.05. The maximum Gasteiger partial charge on any atom is 0.122 e. The summed E-state index contributed by atoms with van der Waals surface area (Å²) in [4.78, 5) is 2.17. The molecule has 0 unspecified atom stereocenters. The van der Waals surface area contributed by atoms with E-state index in [9.17, 15) is 0 Å². The van der Waals surface area contributed by atoms with Crippen LogP contribution in [0.4, 0.5) is 5.69 Å². The molecule has 0 aliphatic rings. The highest BCUT2D eigenvalue weighted by molar-refractivity contribution is 5.86. The molecular formula is C43H45NO5. The largest absolute Gasteiger partial charge is 0.497 e. The average Bonchev–Trinajstić information content (AvgIpc) is 3.17. The van der Waals surface area contributed by atoms with Crippen molar-refractivity contribution in [3.8, 4) is 28.7 Å². The Labute approximate surface area is 290 Å². The molecule has 252 valence electrons. The Kier molecular flexibility index (Phi) is 11.7. The topological polar surface area (TPSA) is 49.4 Å². The highest BCUT2D eigenvalue weighted by Crippen LogP contribution is 2.35. The molecule has 0 bridgehead atoms. The Morgan fingerprint density at radius 3 is 1.29 bits per heavy atom. The third-order valence-electron chi connectivity index (χ3n) is 8.63. The van der Waals surface area contributed by atoms with Gasteiger partial charge in [0.1, 0.15) is 28.7 Å². The van der Waals surface area contributed by atoms with Gasteiger partial charge in [0.2, 0.25) is 0 Å². The normalized spacial score (nSPS) is 11.6. The van der Waals surface area contributed by atoms with Crippen LogP contribution in [0.15, 0.2) is 122 Å². The SMILES string of the molecule is CCc1cc(/C(=C/N(/C=C(\c2ccc(OC)cc2)c2ccc(OC)c(CC)c2)c2cccc(OC)c2)c2ccc(OC)cc2)ccc1OC. The molecule has 5 rings (SSSR count). The second kappa shape index (κ2) is 16.5. The van der Waals surface area contributed by atoms with Gasteiger partial charge in [-0.05, 0) is 107 Å². The molecule has 0 atom stereocenters. The smallest absolute Gasteiger partial charge is 0.122 e. The van der Waals surface area contributed by atoms with Crippen LogP contribution in [-0.4, -0.2) is 35.5 Å². The quantitative estimate of drug-likeness (QED) is 0.119. The zero-order valence-electron chi connectivity index (χ0n) is 29.4. The Bertz CT molecular complexity index is 1790. The number of aryl methyl sites for hydroxylation is 2. The zero-order chi connectivity index (χ0) is 34.8. The molecule has 0 radical (unpaired) electrons. The predicted molar refractivity (Wildman–Crippen MR) is 200 cm³/mol. The van der Waals surface area contributed by atoms with Crippen molar-refractivity contribution in [2.45, 2.75) is 26.7 Å². The van der Waals surface area contributed by atoms with E-state index >= 15 is 0 Å². The molecule has 6 heteroatoms. The van der Waals surface area contributed by atoms with Crippen LogP contribution >= 0.6 is 0 Å². The molecule has 49 heavy (non-hydrogen) atoms. The van der Waals surface area contributed by atoms with E-state index < -0.39 is 0 Å². The Morgan fingerprint density at radius 1 is 0.469 bits per heavy atom. The number of rotatable bonds is 14. The van der Waals surface area contributed by atoms with Gasteiger partial charge in [-0.25, -0.2) is 0 Å². The van der Waals surface area contributed by atoms with Crippen molar-refractivity contribution in [3.63, 3.8) is 0 Å². The first-order valence-electron chi connectivity index (χ1n) is 16.4. The predicted octanol–water partition coefficient (Wildman–Crippen LogP) is 9.84. The van der Waals surface area contributed by atoms with E-state index in [1.807, 2.05) is 54.6 Å². The minimum Gasteiger partial charge on any atom is -0.497 e. The summed E-state index contributed by atoms with van der Waals surface area (Å²) in [5, 5.41) is 0. The van der Waals surface area contributed by atoms with Crippen LogP contribution in [0.5, 0.6) is 28.7 Å². The molecule has 0 fully saturated rings. The van der Waals surface area contributed by atoms with Gasteiger partial charge in [0.15, 0.2) is 0 Å². The molecule has 0 aliphatic heterocycles. The lowest BCUT2D eigenvalue weighted by Gasteiger charge is -2.23. The van der Waals surface area contributed by atoms with Crippen LogP contribution in [0.1, 0.15) is 47.2 Å². The van der Waals surface area contributed by atoms with Gasteiger partial charge in [0, 0.05) is 35.3 Å². The molecule has 5 aromatic carbocycles. The molecule has 5 aromatic rings. The van der Waals surface area contributed by atoms with Gasteiger partial charge in [0.25, 0.3) is 0 Å². The van der Waals surface area contributed by atoms with E-state index in [1.54, 1.807) is 35.5 Å². The van der Waals surface area contributed by atoms with Crippen LogP contribution in [0, 0.1) is 0 Å². The summed E-state index contributed by atoms with van der Waals surface area (Å²) < 4.78 is 28.1. The van der Waals surface area contributed by atoms with E-state index in [2.05, 4.69) is 85.7 Å². The molecule has 0 saturated heterocycles. The van der Waals surface area contributed by atoms with Crippen LogP contribution in [-0.2, 0) is 12.8 Å². The van der Waals surface area contributed by atoms with Crippen molar-refractivity contribution in [1.82, 2.24) is 0 Å². The Hall–Kier alpha value is -5.62. The second-order valence-corrected chi connectivity index (χ2v) is 11.4. The Morgan fingerprint density at radius 2 is 0.898 bits per heavy atom. The molecule has 0 N–H and O–H groups in total. The van der Waals surface area contributed by atoms with Crippen molar-refractivity contribution in [1.29, 1.82) is 0 Å². The lowest BCUT2D eigenvalue weighted by molar-refractivity contribution is 0.410. The van der Waals surface area contributed by atoms with Gasteiger partial charge in [-0.3, -0.25) is 0 Å². The van der Waals surface area contributed by atoms with Gasteiger partial charge in [0.05, 0.1) is 35.5 Å². The summed E-state index contributed by atoms with van der Waals surface area (Å²) in [6, 6.07) is 37.2. The fourth-order valence-electron chi connectivity index (χ4n) is 5.85. The van der Waals surface area contributed by atoms with Gasteiger partial charge in [-0.2, -0.15) is 0 Å². The monoisotopic (exact) mass is 655 g/mol. The minimum atomic E-state index is 0.761. The number of methoxy groups -OCH3 is 5. The van der Waals surface area contributed by atoms with Crippen LogP contribution in [0.25, 0.3) is 11.1 Å². The van der Waals surface area contributed by atoms with Crippen molar-refractivity contribution in [2.24, 2.45) is 0 Å². The first kappa shape index (κ1) is 34.7. The second-order valence-electron chi connectivity index (χ2n) is 11.4. The maximum absolute atomic E-state index is 5.70. The summed E-state index contributed by atoms with van der Waals surface area (Å²) in [6.45, 7) is 4.29. The van der Waals surface area contributed by atoms with E-state index in [0.29, 0.717) is 0 Å². The standard InChI is InChI=1S/C43H45NO5/c1-8-30-25-34(17-23-42(30)48-6)40(32-13-19-37(45-3)20-14-32)28-44(36-11-10-12-39(27-36)47-5)29-41(33-15-21-38(46-4)22-16-33)35-18-24-43(49-7)31(9-2)26-35/h10-29H,8-9H2,1-7H3/b40-28+,41-29+. The van der Waals surface area contributed by atoms with Gasteiger partial charge >= 0.3 is 0 Å². The third kappa shape index (κ3) is 8.10. The van der Waals surface area contributed by atoms with Crippen molar-refractivity contribution in [2.75, 3.05) is 40.4 Å². The summed E-state index contributed by atoms with van der Waals surface area (Å²) in [5.41, 5.74) is 9.45. The van der Waals surface area contributed by atoms with E-state index in [1.165, 1.54) is 0 Å². The van der Waals surface area contributed by atoms with E-state index in [0.717, 1.165) is 91.8 Å². The fourth-order valence-corrected chi connectivity index (χ4v) is 5.85. The molecule has 0 saturated carbocycles. The van der Waals surface area contributed by atoms with Crippen molar-refractivity contribution < 1.29 is 23.7 Å². The van der Waals surface area contributed by atoms with Crippen LogP contribution in [0.2, 0.25) is 0 Å². The number of anilines is 1. The van der Waals surface area contributed by atoms with Crippen molar-refractivity contribution in [3.05, 3.63) is 155 Å². The van der Waals surface area contributed by atoms with Crippen molar-refractivity contribution >= 4 is 16.8 Å². The summed E-state index contributed by atoms with van der Waals surface area (Å²) in [7, 11) is 8.48. The molecule has 0 aliphatic carbocycles. The molecular weight excluding hydrogens is 610 g/mol. The average molecular weight is 656 g/mol. The summed E-state index contributed by atoms with van der Waals surface area (Å²) in [5.74, 6) is 4.10. The minimum absolute atomic E-state index is 0.761. The first-order valence-corrected chi connectivity index (χ1v) is 16.4. The maximum atomic E-state index is 5.70. The summed E-state index contributed by atoms with van der Waals surface area (Å²) >= 11 is 0. The molecule has 0 spiro atoms. The number of benzene rings is 5. The number of hydrogen-bond donors (Lipinski definition) is 0. The highest BCUT2D eigenvalue weighted by atomic mass is 16.5. The lowest BCUT2D eigenvalue weighted by atomic mass is 9.94. The van der Waals surface area contributed by atoms with Crippen LogP contribution in [0.3, 0.4) is 0 Å².